The number of ether oxygens (including phenoxy) is 3. The molecule has 1 aliphatic heterocycles. The molecule has 0 amide bonds. The molecule has 2 aromatic carbocycles. The molecule has 1 saturated heterocycles. The third-order valence-electron chi connectivity index (χ3n) is 4.82. The molecule has 2 aromatic rings. The Hall–Kier alpha value is -2.77. The molecule has 0 radical (unpaired) electrons. The number of hydrogen-bond acceptors (Lipinski definition) is 6. The maximum Gasteiger partial charge on any atom is 0.338 e. The molecule has 0 saturated carbocycles. The molecule has 3 rings (SSSR count). The average Bonchev–Trinajstić information content (AvgIpc) is 2.95. The maximum atomic E-state index is 14.6. The predicted octanol–water partition coefficient (Wildman–Crippen LogP) is 2.76. The Balaban J connectivity index is 1.64. The first-order chi connectivity index (χ1) is 13.4. The second-order valence-corrected chi connectivity index (χ2v) is 6.83. The number of aliphatic hydroxyl groups is 1. The number of carbonyl (C=O) groups excluding carboxylic acids is 2. The summed E-state index contributed by atoms with van der Waals surface area (Å²) in [4.78, 5) is 24.3. The SMILES string of the molecule is C[C@]1(COC(=O)c2ccccc2)[C@H](F)C(O)O[C@@H]1COC(=O)c1ccccc1. The summed E-state index contributed by atoms with van der Waals surface area (Å²) in [6, 6.07) is 16.6. The smallest absolute Gasteiger partial charge is 0.338 e. The number of alkyl halides is 1. The quantitative estimate of drug-likeness (QED) is 0.767. The highest BCUT2D eigenvalue weighted by Crippen LogP contribution is 2.40. The summed E-state index contributed by atoms with van der Waals surface area (Å²) in [6.07, 6.45) is -4.48. The van der Waals surface area contributed by atoms with E-state index in [-0.39, 0.29) is 13.2 Å². The lowest BCUT2D eigenvalue weighted by Crippen LogP contribution is -2.43. The highest BCUT2D eigenvalue weighted by molar-refractivity contribution is 5.89. The van der Waals surface area contributed by atoms with Crippen LogP contribution in [0.2, 0.25) is 0 Å². The van der Waals surface area contributed by atoms with Gasteiger partial charge in [-0.05, 0) is 24.3 Å². The Kier molecular flexibility index (Phi) is 6.06. The van der Waals surface area contributed by atoms with E-state index in [0.717, 1.165) is 0 Å². The van der Waals surface area contributed by atoms with E-state index in [1.807, 2.05) is 0 Å². The number of benzene rings is 2. The molecular weight excluding hydrogens is 367 g/mol. The molecule has 1 aliphatic rings. The molecule has 28 heavy (non-hydrogen) atoms. The normalized spacial score (nSPS) is 26.6. The van der Waals surface area contributed by atoms with E-state index in [2.05, 4.69) is 0 Å². The van der Waals surface area contributed by atoms with Crippen LogP contribution in [-0.4, -0.2) is 48.8 Å². The Morgan fingerprint density at radius 3 is 2.04 bits per heavy atom. The Labute approximate surface area is 161 Å². The second-order valence-electron chi connectivity index (χ2n) is 6.83. The zero-order valence-corrected chi connectivity index (χ0v) is 15.3. The molecule has 0 bridgehead atoms. The number of aliphatic hydroxyl groups excluding tert-OH is 1. The topological polar surface area (TPSA) is 82.1 Å². The van der Waals surface area contributed by atoms with Crippen molar-refractivity contribution in [2.24, 2.45) is 5.41 Å². The molecule has 6 nitrogen and oxygen atoms in total. The molecule has 0 aromatic heterocycles. The Morgan fingerprint density at radius 1 is 1.00 bits per heavy atom. The van der Waals surface area contributed by atoms with E-state index in [4.69, 9.17) is 14.2 Å². The minimum absolute atomic E-state index is 0.287. The van der Waals surface area contributed by atoms with Crippen molar-refractivity contribution in [3.8, 4) is 0 Å². The average molecular weight is 388 g/mol. The molecule has 0 spiro atoms. The van der Waals surface area contributed by atoms with Crippen LogP contribution in [0.1, 0.15) is 27.6 Å². The molecular formula is C21H21FO6. The van der Waals surface area contributed by atoms with Gasteiger partial charge in [0.2, 0.25) is 0 Å². The number of carbonyl (C=O) groups is 2. The third-order valence-corrected chi connectivity index (χ3v) is 4.82. The van der Waals surface area contributed by atoms with Crippen LogP contribution in [0.25, 0.3) is 0 Å². The Morgan fingerprint density at radius 2 is 1.50 bits per heavy atom. The minimum Gasteiger partial charge on any atom is -0.461 e. The summed E-state index contributed by atoms with van der Waals surface area (Å²) >= 11 is 0. The van der Waals surface area contributed by atoms with Gasteiger partial charge in [-0.15, -0.1) is 0 Å². The van der Waals surface area contributed by atoms with Gasteiger partial charge in [-0.25, -0.2) is 14.0 Å². The number of esters is 2. The third kappa shape index (κ3) is 4.21. The first kappa shape index (κ1) is 20.0. The summed E-state index contributed by atoms with van der Waals surface area (Å²) in [5, 5.41) is 9.79. The lowest BCUT2D eigenvalue weighted by molar-refractivity contribution is -0.122. The van der Waals surface area contributed by atoms with Gasteiger partial charge in [-0.3, -0.25) is 0 Å². The number of hydrogen-bond donors (Lipinski definition) is 1. The van der Waals surface area contributed by atoms with E-state index in [0.29, 0.717) is 11.1 Å². The molecule has 7 heteroatoms. The summed E-state index contributed by atoms with van der Waals surface area (Å²) in [5.74, 6) is -1.21. The lowest BCUT2D eigenvalue weighted by Gasteiger charge is -2.30. The van der Waals surface area contributed by atoms with E-state index < -0.39 is 35.9 Å². The number of halogens is 1. The van der Waals surface area contributed by atoms with Crippen molar-refractivity contribution in [2.75, 3.05) is 13.2 Å². The van der Waals surface area contributed by atoms with E-state index in [1.165, 1.54) is 6.92 Å². The van der Waals surface area contributed by atoms with Crippen molar-refractivity contribution < 1.29 is 33.3 Å². The monoisotopic (exact) mass is 388 g/mol. The molecule has 148 valence electrons. The standard InChI is InChI=1S/C21H21FO6/c1-21(13-27-19(24)15-10-6-3-7-11-15)16(28-20(25)17(21)22)12-26-18(23)14-8-4-2-5-9-14/h2-11,16-17,20,25H,12-13H2,1H3/t16-,17-,20?,21-/m1/s1. The van der Waals surface area contributed by atoms with Crippen molar-refractivity contribution in [3.63, 3.8) is 0 Å². The lowest BCUT2D eigenvalue weighted by atomic mass is 9.82. The van der Waals surface area contributed by atoms with Crippen LogP contribution in [0, 0.1) is 5.41 Å². The van der Waals surface area contributed by atoms with Gasteiger partial charge in [0.1, 0.15) is 19.3 Å². The van der Waals surface area contributed by atoms with Crippen LogP contribution in [0.15, 0.2) is 60.7 Å². The van der Waals surface area contributed by atoms with Crippen molar-refractivity contribution in [3.05, 3.63) is 71.8 Å². The second kappa shape index (κ2) is 8.50. The zero-order valence-electron chi connectivity index (χ0n) is 15.3. The number of rotatable bonds is 6. The summed E-state index contributed by atoms with van der Waals surface area (Å²) in [7, 11) is 0. The van der Waals surface area contributed by atoms with Gasteiger partial charge in [0.05, 0.1) is 16.5 Å². The van der Waals surface area contributed by atoms with E-state index >= 15 is 0 Å². The minimum atomic E-state index is -1.81. The van der Waals surface area contributed by atoms with Gasteiger partial charge < -0.3 is 19.3 Å². The van der Waals surface area contributed by atoms with Gasteiger partial charge >= 0.3 is 11.9 Å². The highest BCUT2D eigenvalue weighted by atomic mass is 19.1. The first-order valence-corrected chi connectivity index (χ1v) is 8.84. The van der Waals surface area contributed by atoms with Gasteiger partial charge in [-0.2, -0.15) is 0 Å². The van der Waals surface area contributed by atoms with Crippen LogP contribution < -0.4 is 0 Å². The van der Waals surface area contributed by atoms with Crippen LogP contribution in [0.5, 0.6) is 0 Å². The van der Waals surface area contributed by atoms with Crippen LogP contribution >= 0.6 is 0 Å². The van der Waals surface area contributed by atoms with Crippen molar-refractivity contribution in [1.82, 2.24) is 0 Å². The molecule has 1 heterocycles. The van der Waals surface area contributed by atoms with Crippen LogP contribution in [0.4, 0.5) is 4.39 Å². The molecule has 1 fully saturated rings. The van der Waals surface area contributed by atoms with Crippen LogP contribution in [-0.2, 0) is 14.2 Å². The van der Waals surface area contributed by atoms with Crippen molar-refractivity contribution in [2.45, 2.75) is 25.5 Å². The zero-order chi connectivity index (χ0) is 20.1. The van der Waals surface area contributed by atoms with Gasteiger partial charge in [0, 0.05) is 0 Å². The van der Waals surface area contributed by atoms with Gasteiger partial charge in [0.25, 0.3) is 0 Å². The van der Waals surface area contributed by atoms with Crippen molar-refractivity contribution in [1.29, 1.82) is 0 Å². The fourth-order valence-electron chi connectivity index (χ4n) is 2.99. The largest absolute Gasteiger partial charge is 0.461 e. The molecule has 1 unspecified atom stereocenters. The molecule has 4 atom stereocenters. The molecule has 0 aliphatic carbocycles. The maximum absolute atomic E-state index is 14.6. The molecule has 1 N–H and O–H groups in total. The summed E-state index contributed by atoms with van der Waals surface area (Å²) < 4.78 is 30.3. The predicted molar refractivity (Wildman–Crippen MR) is 97.3 cm³/mol. The van der Waals surface area contributed by atoms with E-state index in [9.17, 15) is 19.1 Å². The van der Waals surface area contributed by atoms with E-state index in [1.54, 1.807) is 60.7 Å². The Bertz CT molecular complexity index is 812. The van der Waals surface area contributed by atoms with Crippen molar-refractivity contribution >= 4 is 11.9 Å². The van der Waals surface area contributed by atoms with Gasteiger partial charge in [-0.1, -0.05) is 43.3 Å². The fraction of sp³-hybridized carbons (Fsp3) is 0.333. The fourth-order valence-corrected chi connectivity index (χ4v) is 2.99. The summed E-state index contributed by atoms with van der Waals surface area (Å²) in [5.41, 5.74) is -0.705. The van der Waals surface area contributed by atoms with Gasteiger partial charge in [0.15, 0.2) is 12.5 Å². The highest BCUT2D eigenvalue weighted by Gasteiger charge is 2.55. The summed E-state index contributed by atoms with van der Waals surface area (Å²) in [6.45, 7) is 0.851. The first-order valence-electron chi connectivity index (χ1n) is 8.84. The van der Waals surface area contributed by atoms with Crippen LogP contribution in [0.3, 0.4) is 0 Å².